The number of aromatic nitrogens is 4. The molecule has 5 heteroatoms. The van der Waals surface area contributed by atoms with E-state index in [2.05, 4.69) is 41.3 Å². The molecule has 0 unspecified atom stereocenters. The molecule has 0 aliphatic heterocycles. The van der Waals surface area contributed by atoms with E-state index in [1.165, 1.54) is 10.2 Å². The van der Waals surface area contributed by atoms with Gasteiger partial charge in [0.2, 0.25) is 0 Å². The van der Waals surface area contributed by atoms with Gasteiger partial charge in [-0.1, -0.05) is 35.9 Å². The second-order valence-electron chi connectivity index (χ2n) is 5.77. The van der Waals surface area contributed by atoms with Gasteiger partial charge >= 0.3 is 5.69 Å². The lowest BCUT2D eigenvalue weighted by molar-refractivity contribution is 0.646. The SMILES string of the molecule is Cc1ccc(-c2ccc3nn(Cc4ccccn4)c(=O)n3c2)cc1. The van der Waals surface area contributed by atoms with Gasteiger partial charge in [0.25, 0.3) is 0 Å². The molecule has 4 aromatic rings. The summed E-state index contributed by atoms with van der Waals surface area (Å²) >= 11 is 0. The number of hydrogen-bond donors (Lipinski definition) is 0. The van der Waals surface area contributed by atoms with Gasteiger partial charge in [0.05, 0.1) is 12.2 Å². The molecule has 118 valence electrons. The average Bonchev–Trinajstić information content (AvgIpc) is 2.92. The van der Waals surface area contributed by atoms with E-state index >= 15 is 0 Å². The molecule has 0 N–H and O–H groups in total. The lowest BCUT2D eigenvalue weighted by Crippen LogP contribution is -2.22. The minimum Gasteiger partial charge on any atom is -0.259 e. The largest absolute Gasteiger partial charge is 0.350 e. The highest BCUT2D eigenvalue weighted by Crippen LogP contribution is 2.19. The van der Waals surface area contributed by atoms with Crippen LogP contribution in [0, 0.1) is 6.92 Å². The quantitative estimate of drug-likeness (QED) is 0.584. The molecule has 0 amide bonds. The standard InChI is InChI=1S/C19H16N4O/c1-14-5-7-15(8-6-14)16-9-10-18-21-23(19(24)22(18)12-16)13-17-4-2-3-11-20-17/h2-12H,13H2,1H3. The number of fused-ring (bicyclic) bond motifs is 1. The van der Waals surface area contributed by atoms with Crippen LogP contribution in [-0.4, -0.2) is 19.2 Å². The molecule has 0 aliphatic rings. The van der Waals surface area contributed by atoms with E-state index < -0.39 is 0 Å². The molecule has 1 aromatic carbocycles. The van der Waals surface area contributed by atoms with Crippen LogP contribution in [0.15, 0.2) is 71.8 Å². The Kier molecular flexibility index (Phi) is 3.46. The lowest BCUT2D eigenvalue weighted by Gasteiger charge is -2.02. The molecule has 0 spiro atoms. The van der Waals surface area contributed by atoms with Gasteiger partial charge in [0.1, 0.15) is 0 Å². The Morgan fingerprint density at radius 3 is 2.50 bits per heavy atom. The van der Waals surface area contributed by atoms with Crippen LogP contribution in [-0.2, 0) is 6.54 Å². The van der Waals surface area contributed by atoms with Crippen LogP contribution in [0.3, 0.4) is 0 Å². The number of pyridine rings is 2. The first-order valence-corrected chi connectivity index (χ1v) is 7.77. The Balaban J connectivity index is 1.76. The third-order valence-corrected chi connectivity index (χ3v) is 4.00. The summed E-state index contributed by atoms with van der Waals surface area (Å²) in [5.74, 6) is 0. The summed E-state index contributed by atoms with van der Waals surface area (Å²) in [5.41, 5.74) is 4.55. The average molecular weight is 316 g/mol. The maximum absolute atomic E-state index is 12.6. The molecule has 0 aliphatic carbocycles. The predicted octanol–water partition coefficient (Wildman–Crippen LogP) is 2.91. The van der Waals surface area contributed by atoms with E-state index in [4.69, 9.17) is 0 Å². The molecule has 3 heterocycles. The molecule has 4 rings (SSSR count). The molecule has 0 bridgehead atoms. The summed E-state index contributed by atoms with van der Waals surface area (Å²) in [5, 5.41) is 4.38. The Bertz CT molecular complexity index is 1050. The smallest absolute Gasteiger partial charge is 0.259 e. The number of nitrogens with zero attached hydrogens (tertiary/aromatic N) is 4. The predicted molar refractivity (Wildman–Crippen MR) is 93.0 cm³/mol. The number of hydrogen-bond acceptors (Lipinski definition) is 3. The van der Waals surface area contributed by atoms with Gasteiger partial charge in [0, 0.05) is 12.4 Å². The maximum Gasteiger partial charge on any atom is 0.350 e. The topological polar surface area (TPSA) is 52.2 Å². The molecule has 0 saturated carbocycles. The van der Waals surface area contributed by atoms with Crippen molar-refractivity contribution in [3.05, 3.63) is 88.7 Å². The van der Waals surface area contributed by atoms with Crippen LogP contribution in [0.25, 0.3) is 16.8 Å². The summed E-state index contributed by atoms with van der Waals surface area (Å²) in [4.78, 5) is 16.9. The third-order valence-electron chi connectivity index (χ3n) is 4.00. The fourth-order valence-corrected chi connectivity index (χ4v) is 2.68. The van der Waals surface area contributed by atoms with Crippen LogP contribution in [0.5, 0.6) is 0 Å². The van der Waals surface area contributed by atoms with Crippen LogP contribution in [0.4, 0.5) is 0 Å². The summed E-state index contributed by atoms with van der Waals surface area (Å²) in [6, 6.07) is 17.7. The van der Waals surface area contributed by atoms with Crippen molar-refractivity contribution in [3.63, 3.8) is 0 Å². The van der Waals surface area contributed by atoms with Crippen LogP contribution in [0.1, 0.15) is 11.3 Å². The van der Waals surface area contributed by atoms with E-state index in [0.29, 0.717) is 12.2 Å². The fraction of sp³-hybridized carbons (Fsp3) is 0.105. The van der Waals surface area contributed by atoms with E-state index in [1.807, 2.05) is 36.5 Å². The van der Waals surface area contributed by atoms with Crippen molar-refractivity contribution in [2.45, 2.75) is 13.5 Å². The van der Waals surface area contributed by atoms with Gasteiger partial charge in [-0.3, -0.25) is 4.98 Å². The van der Waals surface area contributed by atoms with Crippen molar-refractivity contribution in [2.75, 3.05) is 0 Å². The molecule has 0 atom stereocenters. The second kappa shape index (κ2) is 5.77. The molecule has 0 fully saturated rings. The summed E-state index contributed by atoms with van der Waals surface area (Å²) in [7, 11) is 0. The third kappa shape index (κ3) is 2.60. The monoisotopic (exact) mass is 316 g/mol. The zero-order valence-corrected chi connectivity index (χ0v) is 13.3. The van der Waals surface area contributed by atoms with Crippen molar-refractivity contribution >= 4 is 5.65 Å². The fourth-order valence-electron chi connectivity index (χ4n) is 2.68. The first-order chi connectivity index (χ1) is 11.7. The van der Waals surface area contributed by atoms with Gasteiger partial charge in [0.15, 0.2) is 5.65 Å². The Labute approximate surface area is 138 Å². The molecule has 0 radical (unpaired) electrons. The van der Waals surface area contributed by atoms with E-state index in [9.17, 15) is 4.79 Å². The summed E-state index contributed by atoms with van der Waals surface area (Å²) < 4.78 is 3.02. The van der Waals surface area contributed by atoms with Crippen LogP contribution in [0.2, 0.25) is 0 Å². The molecule has 3 aromatic heterocycles. The highest BCUT2D eigenvalue weighted by atomic mass is 16.2. The summed E-state index contributed by atoms with van der Waals surface area (Å²) in [6.07, 6.45) is 3.55. The van der Waals surface area contributed by atoms with E-state index in [0.717, 1.165) is 16.8 Å². The lowest BCUT2D eigenvalue weighted by atomic mass is 10.1. The van der Waals surface area contributed by atoms with Gasteiger partial charge in [-0.05, 0) is 42.3 Å². The molecular formula is C19H16N4O. The van der Waals surface area contributed by atoms with E-state index in [1.54, 1.807) is 10.6 Å². The van der Waals surface area contributed by atoms with Gasteiger partial charge in [-0.15, -0.1) is 5.10 Å². The zero-order valence-electron chi connectivity index (χ0n) is 13.3. The minimum absolute atomic E-state index is 0.162. The van der Waals surface area contributed by atoms with Crippen molar-refractivity contribution in [2.24, 2.45) is 0 Å². The Hall–Kier alpha value is -3.21. The molecule has 0 saturated heterocycles. The highest BCUT2D eigenvalue weighted by molar-refractivity contribution is 5.64. The second-order valence-corrected chi connectivity index (χ2v) is 5.77. The van der Waals surface area contributed by atoms with Crippen molar-refractivity contribution in [1.29, 1.82) is 0 Å². The van der Waals surface area contributed by atoms with Crippen LogP contribution >= 0.6 is 0 Å². The highest BCUT2D eigenvalue weighted by Gasteiger charge is 2.09. The van der Waals surface area contributed by atoms with Gasteiger partial charge in [-0.2, -0.15) is 0 Å². The zero-order chi connectivity index (χ0) is 16.5. The van der Waals surface area contributed by atoms with E-state index in [-0.39, 0.29) is 5.69 Å². The van der Waals surface area contributed by atoms with Crippen molar-refractivity contribution in [3.8, 4) is 11.1 Å². The van der Waals surface area contributed by atoms with Gasteiger partial charge in [-0.25, -0.2) is 13.9 Å². The number of rotatable bonds is 3. The van der Waals surface area contributed by atoms with Crippen LogP contribution < -0.4 is 5.69 Å². The number of aryl methyl sites for hydroxylation is 1. The molecule has 24 heavy (non-hydrogen) atoms. The molecular weight excluding hydrogens is 300 g/mol. The Morgan fingerprint density at radius 1 is 0.958 bits per heavy atom. The minimum atomic E-state index is -0.162. The van der Waals surface area contributed by atoms with Crippen molar-refractivity contribution in [1.82, 2.24) is 19.2 Å². The number of benzene rings is 1. The summed E-state index contributed by atoms with van der Waals surface area (Å²) in [6.45, 7) is 2.42. The van der Waals surface area contributed by atoms with Gasteiger partial charge < -0.3 is 0 Å². The normalized spacial score (nSPS) is 11.0. The first-order valence-electron chi connectivity index (χ1n) is 7.77. The first kappa shape index (κ1) is 14.4. The molecule has 5 nitrogen and oxygen atoms in total. The maximum atomic E-state index is 12.6. The van der Waals surface area contributed by atoms with Crippen molar-refractivity contribution < 1.29 is 0 Å². The Morgan fingerprint density at radius 2 is 1.75 bits per heavy atom.